The molecule has 3 unspecified atom stereocenters. The second-order valence-corrected chi connectivity index (χ2v) is 9.28. The number of aromatic hydroxyl groups is 1. The predicted octanol–water partition coefficient (Wildman–Crippen LogP) is -0.806. The average molecular weight is 488 g/mol. The Kier molecular flexibility index (Phi) is 5.32. The van der Waals surface area contributed by atoms with E-state index in [1.807, 2.05) is 0 Å². The lowest BCUT2D eigenvalue weighted by Gasteiger charge is -2.53. The van der Waals surface area contributed by atoms with Crippen molar-refractivity contribution < 1.29 is 49.8 Å². The number of likely N-dealkylation sites (N-methyl/N-ethyl adjacent to an activating group) is 1. The van der Waals surface area contributed by atoms with E-state index in [-0.39, 0.29) is 16.7 Å². The van der Waals surface area contributed by atoms with Crippen molar-refractivity contribution >= 4 is 29.2 Å². The third-order valence-corrected chi connectivity index (χ3v) is 7.34. The summed E-state index contributed by atoms with van der Waals surface area (Å²) in [6.07, 6.45) is -1.80. The summed E-state index contributed by atoms with van der Waals surface area (Å²) < 4.78 is 0. The normalized spacial score (nSPS) is 32.3. The third-order valence-electron chi connectivity index (χ3n) is 7.34. The van der Waals surface area contributed by atoms with E-state index in [1.165, 1.54) is 25.9 Å². The van der Waals surface area contributed by atoms with Crippen molar-refractivity contribution in [2.75, 3.05) is 14.1 Å². The number of hydrogen-bond acceptors (Lipinski definition) is 10. The number of ketones is 2. The first-order valence-corrected chi connectivity index (χ1v) is 10.6. The molecule has 1 saturated carbocycles. The van der Waals surface area contributed by atoms with Gasteiger partial charge in [0.1, 0.15) is 22.8 Å². The fourth-order valence-electron chi connectivity index (χ4n) is 5.88. The van der Waals surface area contributed by atoms with Crippen LogP contribution >= 0.6 is 0 Å². The maximum absolute atomic E-state index is 13.8. The number of Topliss-reactive ketones (excluding diaryl/α,β-unsaturated/α-hetero) is 2. The molecule has 35 heavy (non-hydrogen) atoms. The van der Waals surface area contributed by atoms with Crippen LogP contribution in [0.3, 0.4) is 0 Å². The van der Waals surface area contributed by atoms with E-state index in [4.69, 9.17) is 5.73 Å². The molecule has 4 rings (SSSR count). The molecule has 0 aliphatic heterocycles. The Balaban J connectivity index is 2.10. The van der Waals surface area contributed by atoms with E-state index in [9.17, 15) is 49.8 Å². The maximum Gasteiger partial charge on any atom is 0.336 e. The number of aromatic carboxylic acids is 1. The molecule has 6 atom stereocenters. The van der Waals surface area contributed by atoms with Crippen LogP contribution in [0.15, 0.2) is 29.0 Å². The predicted molar refractivity (Wildman–Crippen MR) is 117 cm³/mol. The molecular formula is C23H24N2O10. The van der Waals surface area contributed by atoms with Crippen molar-refractivity contribution in [3.8, 4) is 5.75 Å². The number of nitrogens with zero attached hydrogens (tertiary/aromatic N) is 1. The number of hydrogen-bond donors (Lipinski definition) is 7. The number of nitrogens with two attached hydrogens (primary N) is 1. The lowest BCUT2D eigenvalue weighted by Crippen LogP contribution is -2.70. The summed E-state index contributed by atoms with van der Waals surface area (Å²) in [6, 6.07) is 0.633. The minimum absolute atomic E-state index is 0.0535. The Bertz CT molecular complexity index is 1280. The third kappa shape index (κ3) is 2.90. The van der Waals surface area contributed by atoms with E-state index >= 15 is 0 Å². The zero-order valence-electron chi connectivity index (χ0n) is 18.9. The molecule has 186 valence electrons. The van der Waals surface area contributed by atoms with Gasteiger partial charge in [-0.05, 0) is 37.7 Å². The number of primary amides is 1. The topological polar surface area (TPSA) is 219 Å². The van der Waals surface area contributed by atoms with Crippen molar-refractivity contribution in [3.63, 3.8) is 0 Å². The molecule has 3 aliphatic carbocycles. The van der Waals surface area contributed by atoms with Crippen molar-refractivity contribution in [1.82, 2.24) is 4.90 Å². The number of fused-ring (bicyclic) bond motifs is 3. The summed E-state index contributed by atoms with van der Waals surface area (Å²) in [7, 11) is 2.79. The van der Waals surface area contributed by atoms with Crippen LogP contribution in [0.4, 0.5) is 0 Å². The van der Waals surface area contributed by atoms with Gasteiger partial charge in [-0.3, -0.25) is 19.3 Å². The van der Waals surface area contributed by atoms with E-state index < -0.39 is 87.4 Å². The molecule has 0 radical (unpaired) electrons. The Labute approximate surface area is 198 Å². The molecule has 0 spiro atoms. The van der Waals surface area contributed by atoms with Gasteiger partial charge in [-0.2, -0.15) is 0 Å². The number of benzene rings is 1. The molecule has 1 amide bonds. The highest BCUT2D eigenvalue weighted by Gasteiger charge is 2.68. The van der Waals surface area contributed by atoms with E-state index in [0.717, 1.165) is 12.1 Å². The summed E-state index contributed by atoms with van der Waals surface area (Å²) in [4.78, 5) is 51.9. The molecular weight excluding hydrogens is 464 g/mol. The van der Waals surface area contributed by atoms with Crippen molar-refractivity contribution in [1.29, 1.82) is 0 Å². The van der Waals surface area contributed by atoms with Gasteiger partial charge < -0.3 is 36.4 Å². The van der Waals surface area contributed by atoms with Gasteiger partial charge in [-0.25, -0.2) is 4.79 Å². The SMILES string of the molecule is C[C@H]1c2c(C(=O)O)ccc(O)c2C(O)=C2C(=O)[C@]3(O)C(O)=C(C(N)=O)C(=O)[C@@H](N(C)C)C3C(O)C21. The fourth-order valence-corrected chi connectivity index (χ4v) is 5.88. The Hall–Kier alpha value is -3.74. The molecule has 1 aromatic carbocycles. The minimum Gasteiger partial charge on any atom is -0.508 e. The number of carboxylic acid groups (broad SMARTS) is 1. The Morgan fingerprint density at radius 1 is 1.11 bits per heavy atom. The number of phenolic OH excluding ortho intramolecular Hbond substituents is 1. The van der Waals surface area contributed by atoms with Crippen LogP contribution in [-0.4, -0.2) is 90.8 Å². The highest BCUT2D eigenvalue weighted by molar-refractivity contribution is 6.24. The lowest BCUT2D eigenvalue weighted by molar-refractivity contribution is -0.169. The first kappa shape index (κ1) is 24.4. The number of amides is 1. The largest absolute Gasteiger partial charge is 0.508 e. The molecule has 12 heteroatoms. The summed E-state index contributed by atoms with van der Waals surface area (Å²) in [6.45, 7) is 1.46. The second kappa shape index (κ2) is 7.63. The van der Waals surface area contributed by atoms with Crippen LogP contribution in [0.2, 0.25) is 0 Å². The second-order valence-electron chi connectivity index (χ2n) is 9.28. The summed E-state index contributed by atoms with van der Waals surface area (Å²) >= 11 is 0. The number of rotatable bonds is 3. The minimum atomic E-state index is -3.02. The van der Waals surface area contributed by atoms with Crippen molar-refractivity contribution in [2.45, 2.75) is 30.6 Å². The van der Waals surface area contributed by atoms with Crippen LogP contribution in [0.1, 0.15) is 34.3 Å². The number of phenols is 1. The number of aliphatic hydroxyl groups excluding tert-OH is 3. The molecule has 3 aliphatic rings. The van der Waals surface area contributed by atoms with Crippen LogP contribution in [0.5, 0.6) is 5.75 Å². The molecule has 1 fully saturated rings. The number of carboxylic acids is 1. The Morgan fingerprint density at radius 2 is 1.71 bits per heavy atom. The molecule has 0 saturated heterocycles. The van der Waals surface area contributed by atoms with Gasteiger partial charge in [0, 0.05) is 11.5 Å². The van der Waals surface area contributed by atoms with Crippen molar-refractivity contribution in [2.24, 2.45) is 17.6 Å². The van der Waals surface area contributed by atoms with Gasteiger partial charge in [0.2, 0.25) is 5.78 Å². The fraction of sp³-hybridized carbons (Fsp3) is 0.391. The first-order valence-electron chi connectivity index (χ1n) is 10.6. The lowest BCUT2D eigenvalue weighted by atomic mass is 9.54. The molecule has 12 nitrogen and oxygen atoms in total. The monoisotopic (exact) mass is 488 g/mol. The highest BCUT2D eigenvalue weighted by Crippen LogP contribution is 2.56. The summed E-state index contributed by atoms with van der Waals surface area (Å²) in [5.74, 6) is -12.0. The quantitative estimate of drug-likeness (QED) is 0.261. The highest BCUT2D eigenvalue weighted by atomic mass is 16.4. The van der Waals surface area contributed by atoms with Gasteiger partial charge in [0.05, 0.1) is 29.2 Å². The molecule has 0 aromatic heterocycles. The molecule has 8 N–H and O–H groups in total. The number of aliphatic hydroxyl groups is 4. The van der Waals surface area contributed by atoms with Gasteiger partial charge in [-0.1, -0.05) is 6.92 Å². The van der Waals surface area contributed by atoms with Gasteiger partial charge in [0.25, 0.3) is 5.91 Å². The smallest absolute Gasteiger partial charge is 0.336 e. The molecule has 1 aromatic rings. The summed E-state index contributed by atoms with van der Waals surface area (Å²) in [5.41, 5.74) is -0.0941. The molecule has 0 heterocycles. The van der Waals surface area contributed by atoms with Crippen LogP contribution in [0, 0.1) is 11.8 Å². The van der Waals surface area contributed by atoms with Gasteiger partial charge >= 0.3 is 5.97 Å². The zero-order chi connectivity index (χ0) is 26.3. The molecule has 0 bridgehead atoms. The van der Waals surface area contributed by atoms with E-state index in [2.05, 4.69) is 0 Å². The summed E-state index contributed by atoms with van der Waals surface area (Å²) in [5, 5.41) is 64.9. The number of carbonyl (C=O) groups excluding carboxylic acids is 3. The van der Waals surface area contributed by atoms with E-state index in [1.54, 1.807) is 0 Å². The first-order chi connectivity index (χ1) is 16.2. The average Bonchev–Trinajstić information content (AvgIpc) is 2.75. The standard InChI is InChI=1S/C23H24N2O10/c1-6-9-7(22(33)34)4-5-8(26)11(9)16(27)12-10(6)17(28)14-15(25(2)3)18(29)13(21(24)32)20(31)23(14,35)19(12)30/h4-6,10,14-15,17,26-28,31,35H,1-3H3,(H2,24,32)(H,33,34)/t6-,10?,14?,15-,17?,23-/m0/s1. The van der Waals surface area contributed by atoms with Crippen LogP contribution in [-0.2, 0) is 14.4 Å². The number of carbonyl (C=O) groups is 4. The van der Waals surface area contributed by atoms with E-state index in [0.29, 0.717) is 0 Å². The Morgan fingerprint density at radius 3 is 2.23 bits per heavy atom. The van der Waals surface area contributed by atoms with Gasteiger partial charge in [0.15, 0.2) is 11.4 Å². The van der Waals surface area contributed by atoms with Crippen LogP contribution < -0.4 is 5.73 Å². The van der Waals surface area contributed by atoms with Crippen LogP contribution in [0.25, 0.3) is 5.76 Å². The van der Waals surface area contributed by atoms with Gasteiger partial charge in [-0.15, -0.1) is 0 Å². The zero-order valence-corrected chi connectivity index (χ0v) is 18.9. The maximum atomic E-state index is 13.8. The van der Waals surface area contributed by atoms with Crippen molar-refractivity contribution in [3.05, 3.63) is 45.7 Å².